The number of hydrogen-bond acceptors (Lipinski definition) is 5. The molecule has 1 aromatic carbocycles. The van der Waals surface area contributed by atoms with Gasteiger partial charge >= 0.3 is 18.2 Å². The molecule has 2 fully saturated rings. The Morgan fingerprint density at radius 1 is 1.06 bits per heavy atom. The maximum atomic E-state index is 13.1. The third-order valence-corrected chi connectivity index (χ3v) is 5.67. The number of nitrogens with zero attached hydrogens (tertiary/aromatic N) is 3. The van der Waals surface area contributed by atoms with Crippen molar-refractivity contribution in [2.45, 2.75) is 38.4 Å². The number of ether oxygens (including phenoxy) is 1. The summed E-state index contributed by atoms with van der Waals surface area (Å²) in [5, 5.41) is 0. The van der Waals surface area contributed by atoms with Gasteiger partial charge in [0.2, 0.25) is 5.91 Å². The Morgan fingerprint density at radius 2 is 1.74 bits per heavy atom. The van der Waals surface area contributed by atoms with E-state index in [1.54, 1.807) is 4.90 Å². The van der Waals surface area contributed by atoms with Gasteiger partial charge in [-0.25, -0.2) is 4.79 Å². The highest BCUT2D eigenvalue weighted by Crippen LogP contribution is 2.32. The van der Waals surface area contributed by atoms with Gasteiger partial charge in [-0.3, -0.25) is 9.59 Å². The molecule has 0 unspecified atom stereocenters. The summed E-state index contributed by atoms with van der Waals surface area (Å²) in [4.78, 5) is 41.9. The molecule has 10 heteroatoms. The van der Waals surface area contributed by atoms with Crippen LogP contribution in [-0.4, -0.2) is 78.0 Å². The Balaban J connectivity index is 1.61. The van der Waals surface area contributed by atoms with Gasteiger partial charge in [0.25, 0.3) is 0 Å². The lowest BCUT2D eigenvalue weighted by Crippen LogP contribution is -2.59. The van der Waals surface area contributed by atoms with Gasteiger partial charge in [-0.1, -0.05) is 18.2 Å². The fourth-order valence-corrected chi connectivity index (χ4v) is 4.16. The summed E-state index contributed by atoms with van der Waals surface area (Å²) in [6, 6.07) is 4.47. The lowest BCUT2D eigenvalue weighted by molar-refractivity contribution is -0.141. The van der Waals surface area contributed by atoms with E-state index in [0.29, 0.717) is 13.1 Å². The number of alkyl halides is 3. The van der Waals surface area contributed by atoms with Crippen molar-refractivity contribution in [3.05, 3.63) is 35.4 Å². The molecule has 0 radical (unpaired) electrons. The van der Waals surface area contributed by atoms with Gasteiger partial charge in [0.15, 0.2) is 0 Å². The molecule has 0 aliphatic carbocycles. The van der Waals surface area contributed by atoms with Crippen LogP contribution in [0, 0.1) is 0 Å². The van der Waals surface area contributed by atoms with Gasteiger partial charge in [-0.15, -0.1) is 0 Å². The quantitative estimate of drug-likeness (QED) is 0.531. The van der Waals surface area contributed by atoms with Crippen LogP contribution >= 0.6 is 0 Å². The Hall–Kier alpha value is -2.62. The van der Waals surface area contributed by atoms with E-state index < -0.39 is 30.2 Å². The van der Waals surface area contributed by atoms with Crippen LogP contribution in [0.2, 0.25) is 0 Å². The first-order valence-corrected chi connectivity index (χ1v) is 10.3. The highest BCUT2D eigenvalue weighted by atomic mass is 19.4. The number of esters is 1. The zero-order chi connectivity index (χ0) is 22.6. The first-order chi connectivity index (χ1) is 14.6. The normalized spacial score (nSPS) is 20.1. The van der Waals surface area contributed by atoms with Crippen LogP contribution in [-0.2, 0) is 26.9 Å². The van der Waals surface area contributed by atoms with Crippen LogP contribution in [0.1, 0.15) is 30.9 Å². The molecule has 0 aromatic heterocycles. The van der Waals surface area contributed by atoms with Crippen molar-refractivity contribution in [3.63, 3.8) is 0 Å². The van der Waals surface area contributed by atoms with E-state index >= 15 is 0 Å². The van der Waals surface area contributed by atoms with Crippen molar-refractivity contribution in [1.29, 1.82) is 0 Å². The highest BCUT2D eigenvalue weighted by Gasteiger charge is 2.35. The maximum absolute atomic E-state index is 13.1. The van der Waals surface area contributed by atoms with E-state index in [4.69, 9.17) is 4.74 Å². The second-order valence-electron chi connectivity index (χ2n) is 7.89. The Labute approximate surface area is 178 Å². The van der Waals surface area contributed by atoms with Crippen molar-refractivity contribution >= 4 is 18.0 Å². The predicted molar refractivity (Wildman–Crippen MR) is 105 cm³/mol. The van der Waals surface area contributed by atoms with Gasteiger partial charge in [-0.05, 0) is 37.6 Å². The molecule has 2 aliphatic rings. The smallest absolute Gasteiger partial charge is 0.376 e. The van der Waals surface area contributed by atoms with Gasteiger partial charge in [0.05, 0.1) is 18.0 Å². The number of carbonyl (C=O) groups is 3. The zero-order valence-electron chi connectivity index (χ0n) is 17.4. The third-order valence-electron chi connectivity index (χ3n) is 5.67. The number of benzene rings is 1. The Morgan fingerprint density at radius 3 is 2.39 bits per heavy atom. The molecule has 2 amide bonds. The van der Waals surface area contributed by atoms with E-state index in [9.17, 15) is 27.6 Å². The molecule has 0 spiro atoms. The van der Waals surface area contributed by atoms with Crippen LogP contribution in [0.4, 0.5) is 18.0 Å². The molecule has 0 saturated carbocycles. The molecule has 3 rings (SSSR count). The van der Waals surface area contributed by atoms with E-state index in [1.807, 2.05) is 0 Å². The average molecular weight is 441 g/mol. The van der Waals surface area contributed by atoms with Crippen LogP contribution < -0.4 is 0 Å². The fraction of sp³-hybridized carbons (Fsp3) is 0.571. The number of halogens is 3. The van der Waals surface area contributed by atoms with Crippen LogP contribution in [0.15, 0.2) is 24.3 Å². The molecular formula is C21H26F3N3O4. The Kier molecular flexibility index (Phi) is 7.19. The molecule has 1 atom stereocenters. The molecule has 7 nitrogen and oxygen atoms in total. The molecule has 2 aliphatic heterocycles. The zero-order valence-corrected chi connectivity index (χ0v) is 17.4. The second kappa shape index (κ2) is 9.67. The molecule has 0 bridgehead atoms. The summed E-state index contributed by atoms with van der Waals surface area (Å²) in [5.41, 5.74) is -1.18. The molecule has 1 aromatic rings. The first kappa shape index (κ1) is 23.1. The predicted octanol–water partition coefficient (Wildman–Crippen LogP) is 2.54. The summed E-state index contributed by atoms with van der Waals surface area (Å²) >= 11 is 0. The SMILES string of the molecule is CC(=O)N1CCN(C(=O)OC(=O)Cc2ccccc2C(F)(F)F)C[C@H]1CN1CCCC1. The molecular weight excluding hydrogens is 415 g/mol. The van der Waals surface area contributed by atoms with Crippen molar-refractivity contribution < 1.29 is 32.3 Å². The van der Waals surface area contributed by atoms with Gasteiger partial charge in [-0.2, -0.15) is 13.2 Å². The molecule has 2 saturated heterocycles. The van der Waals surface area contributed by atoms with Crippen molar-refractivity contribution in [2.24, 2.45) is 0 Å². The van der Waals surface area contributed by atoms with E-state index in [0.717, 1.165) is 32.0 Å². The van der Waals surface area contributed by atoms with Crippen molar-refractivity contribution in [1.82, 2.24) is 14.7 Å². The lowest BCUT2D eigenvalue weighted by atomic mass is 10.0. The van der Waals surface area contributed by atoms with Crippen LogP contribution in [0.3, 0.4) is 0 Å². The molecule has 31 heavy (non-hydrogen) atoms. The van der Waals surface area contributed by atoms with Crippen molar-refractivity contribution in [2.75, 3.05) is 39.3 Å². The van der Waals surface area contributed by atoms with Gasteiger partial charge in [0.1, 0.15) is 0 Å². The first-order valence-electron chi connectivity index (χ1n) is 10.3. The maximum Gasteiger partial charge on any atom is 0.417 e. The minimum atomic E-state index is -4.60. The topological polar surface area (TPSA) is 70.2 Å². The van der Waals surface area contributed by atoms with Crippen LogP contribution in [0.25, 0.3) is 0 Å². The number of rotatable bonds is 4. The molecule has 2 heterocycles. The highest BCUT2D eigenvalue weighted by molar-refractivity contribution is 5.86. The number of carbonyl (C=O) groups excluding carboxylic acids is 3. The number of amides is 2. The summed E-state index contributed by atoms with van der Waals surface area (Å²) in [7, 11) is 0. The lowest BCUT2D eigenvalue weighted by Gasteiger charge is -2.41. The van der Waals surface area contributed by atoms with E-state index in [-0.39, 0.29) is 30.6 Å². The number of hydrogen-bond donors (Lipinski definition) is 0. The van der Waals surface area contributed by atoms with E-state index in [1.165, 1.54) is 30.0 Å². The van der Waals surface area contributed by atoms with E-state index in [2.05, 4.69) is 4.90 Å². The monoisotopic (exact) mass is 441 g/mol. The Bertz CT molecular complexity index is 824. The van der Waals surface area contributed by atoms with Gasteiger partial charge < -0.3 is 19.4 Å². The minimum absolute atomic E-state index is 0.0861. The third kappa shape index (κ3) is 5.96. The van der Waals surface area contributed by atoms with Crippen LogP contribution in [0.5, 0.6) is 0 Å². The standard InChI is InChI=1S/C21H26F3N3O4/c1-15(28)27-11-10-26(14-17(27)13-25-8-4-5-9-25)20(30)31-19(29)12-16-6-2-3-7-18(16)21(22,23)24/h2-3,6-7,17H,4-5,8-14H2,1H3/t17-/m1/s1. The summed E-state index contributed by atoms with van der Waals surface area (Å²) in [5.74, 6) is -1.14. The average Bonchev–Trinajstić information content (AvgIpc) is 3.20. The minimum Gasteiger partial charge on any atom is -0.376 e. The number of likely N-dealkylation sites (tertiary alicyclic amines) is 1. The number of piperazine rings is 1. The van der Waals surface area contributed by atoms with Crippen molar-refractivity contribution in [3.8, 4) is 0 Å². The molecule has 0 N–H and O–H groups in total. The van der Waals surface area contributed by atoms with Gasteiger partial charge in [0, 0.05) is 33.1 Å². The molecule has 170 valence electrons. The summed E-state index contributed by atoms with van der Waals surface area (Å²) < 4.78 is 44.1. The summed E-state index contributed by atoms with van der Waals surface area (Å²) in [6.07, 6.45) is -3.98. The summed E-state index contributed by atoms with van der Waals surface area (Å²) in [6.45, 7) is 4.69. The fourth-order valence-electron chi connectivity index (χ4n) is 4.16. The second-order valence-corrected chi connectivity index (χ2v) is 7.89. The largest absolute Gasteiger partial charge is 0.417 e.